The second kappa shape index (κ2) is 7.55. The molecule has 1 atom stereocenters. The molecule has 2 rings (SSSR count). The van der Waals surface area contributed by atoms with Crippen molar-refractivity contribution >= 4 is 34.4 Å². The van der Waals surface area contributed by atoms with Gasteiger partial charge in [-0.2, -0.15) is 5.10 Å². The third-order valence-electron chi connectivity index (χ3n) is 3.48. The van der Waals surface area contributed by atoms with Gasteiger partial charge in [-0.05, 0) is 44.1 Å². The monoisotopic (exact) mass is 368 g/mol. The number of hydrogen-bond acceptors (Lipinski definition) is 4. The van der Waals surface area contributed by atoms with Gasteiger partial charge >= 0.3 is 0 Å². The number of nitrogens with zero attached hydrogens (tertiary/aromatic N) is 4. The number of carbonyl (C=O) groups is 1. The Labute approximate surface area is 150 Å². The second-order valence-corrected chi connectivity index (χ2v) is 9.01. The van der Waals surface area contributed by atoms with Crippen LogP contribution >= 0.6 is 11.6 Å². The highest BCUT2D eigenvalue weighted by molar-refractivity contribution is 7.92. The fourth-order valence-electron chi connectivity index (χ4n) is 1.98. The first kappa shape index (κ1) is 18.8. The van der Waals surface area contributed by atoms with Crippen LogP contribution in [0.4, 0.5) is 5.69 Å². The van der Waals surface area contributed by atoms with Gasteiger partial charge in [0.05, 0.1) is 24.5 Å². The molecule has 8 heteroatoms. The molecule has 0 bridgehead atoms. The molecule has 24 heavy (non-hydrogen) atoms. The average molecular weight is 369 g/mol. The number of amides is 1. The zero-order valence-electron chi connectivity index (χ0n) is 14.2. The minimum Gasteiger partial charge on any atom is -0.616 e. The molecule has 130 valence electrons. The van der Waals surface area contributed by atoms with Gasteiger partial charge in [-0.1, -0.05) is 11.6 Å². The maximum absolute atomic E-state index is 12.4. The zero-order valence-corrected chi connectivity index (χ0v) is 15.8. The van der Waals surface area contributed by atoms with Gasteiger partial charge in [0.25, 0.3) is 0 Å². The predicted octanol–water partition coefficient (Wildman–Crippen LogP) is 2.82. The third-order valence-corrected chi connectivity index (χ3v) is 5.69. The first-order valence-electron chi connectivity index (χ1n) is 7.51. The lowest BCUT2D eigenvalue weighted by molar-refractivity contribution is -0.117. The normalized spacial score (nSPS) is 12.9. The fraction of sp³-hybridized carbons (Fsp3) is 0.438. The number of rotatable bonds is 5. The Morgan fingerprint density at radius 1 is 1.46 bits per heavy atom. The third kappa shape index (κ3) is 4.49. The van der Waals surface area contributed by atoms with E-state index in [9.17, 15) is 9.35 Å². The largest absolute Gasteiger partial charge is 0.616 e. The molecule has 0 saturated carbocycles. The molecule has 0 radical (unpaired) electrons. The summed E-state index contributed by atoms with van der Waals surface area (Å²) in [7, 11) is 1.64. The van der Waals surface area contributed by atoms with E-state index in [1.54, 1.807) is 36.4 Å². The Morgan fingerprint density at radius 2 is 2.17 bits per heavy atom. The van der Waals surface area contributed by atoms with Gasteiger partial charge in [0.2, 0.25) is 5.91 Å². The first-order chi connectivity index (χ1) is 11.2. The molecule has 0 N–H and O–H groups in total. The van der Waals surface area contributed by atoms with Crippen molar-refractivity contribution < 1.29 is 9.35 Å². The van der Waals surface area contributed by atoms with Crippen LogP contribution < -0.4 is 4.90 Å². The summed E-state index contributed by atoms with van der Waals surface area (Å²) >= 11 is 5.09. The van der Waals surface area contributed by atoms with E-state index < -0.39 is 11.2 Å². The van der Waals surface area contributed by atoms with Crippen molar-refractivity contribution in [2.45, 2.75) is 31.9 Å². The molecule has 0 aliphatic heterocycles. The summed E-state index contributed by atoms with van der Waals surface area (Å²) in [5, 5.41) is 4.44. The van der Waals surface area contributed by atoms with E-state index in [0.29, 0.717) is 11.4 Å². The van der Waals surface area contributed by atoms with Crippen LogP contribution in [0.2, 0.25) is 5.15 Å². The molecule has 2 heterocycles. The van der Waals surface area contributed by atoms with Gasteiger partial charge in [0.15, 0.2) is 5.15 Å². The fourth-order valence-corrected chi connectivity index (χ4v) is 3.21. The van der Waals surface area contributed by atoms with Crippen LogP contribution in [-0.2, 0) is 16.0 Å². The molecular weight excluding hydrogens is 348 g/mol. The van der Waals surface area contributed by atoms with E-state index in [-0.39, 0.29) is 22.2 Å². The molecule has 0 aliphatic carbocycles. The van der Waals surface area contributed by atoms with E-state index in [1.165, 1.54) is 4.90 Å². The van der Waals surface area contributed by atoms with E-state index >= 15 is 0 Å². The lowest BCUT2D eigenvalue weighted by atomic mass is 10.3. The van der Waals surface area contributed by atoms with E-state index in [4.69, 9.17) is 11.6 Å². The molecular formula is C16H21ClN4O2S. The van der Waals surface area contributed by atoms with E-state index in [0.717, 1.165) is 5.69 Å². The molecule has 6 nitrogen and oxygen atoms in total. The van der Waals surface area contributed by atoms with Crippen molar-refractivity contribution in [2.24, 2.45) is 0 Å². The maximum Gasteiger partial charge on any atom is 0.231 e. The number of carbonyl (C=O) groups excluding carboxylic acids is 1. The minimum absolute atomic E-state index is 0.153. The molecule has 0 aliphatic rings. The summed E-state index contributed by atoms with van der Waals surface area (Å²) < 4.78 is 13.3. The van der Waals surface area contributed by atoms with Crippen molar-refractivity contribution in [2.75, 3.05) is 17.7 Å². The maximum atomic E-state index is 12.4. The molecule has 2 aromatic rings. The Balaban J connectivity index is 2.08. The van der Waals surface area contributed by atoms with Gasteiger partial charge in [0.1, 0.15) is 16.2 Å². The Morgan fingerprint density at radius 3 is 2.75 bits per heavy atom. The van der Waals surface area contributed by atoms with Crippen LogP contribution in [0.25, 0.3) is 5.69 Å². The van der Waals surface area contributed by atoms with Crippen LogP contribution in [0, 0.1) is 0 Å². The minimum atomic E-state index is -1.07. The molecule has 0 spiro atoms. The van der Waals surface area contributed by atoms with Crippen LogP contribution in [0.1, 0.15) is 27.2 Å². The number of hydrogen-bond donors (Lipinski definition) is 0. The van der Waals surface area contributed by atoms with Gasteiger partial charge in [0, 0.05) is 13.2 Å². The topological polar surface area (TPSA) is 74.1 Å². The van der Waals surface area contributed by atoms with E-state index in [2.05, 4.69) is 10.1 Å². The molecule has 2 aromatic heterocycles. The zero-order chi connectivity index (χ0) is 17.9. The average Bonchev–Trinajstić information content (AvgIpc) is 2.93. The standard InChI is InChI=1S/C16H21ClN4O2S/c1-16(2,3)24(23)9-7-14(22)20(4)13-11-21(19-15(13)17)12-6-5-8-18-10-12/h5-6,8,10-11H,7,9H2,1-4H3. The van der Waals surface area contributed by atoms with Gasteiger partial charge in [-0.15, -0.1) is 0 Å². The van der Waals surface area contributed by atoms with Crippen molar-refractivity contribution in [3.05, 3.63) is 35.9 Å². The summed E-state index contributed by atoms with van der Waals surface area (Å²) in [5.41, 5.74) is 1.26. The van der Waals surface area contributed by atoms with Crippen LogP contribution in [0.3, 0.4) is 0 Å². The lowest BCUT2D eigenvalue weighted by Crippen LogP contribution is -2.34. The summed E-state index contributed by atoms with van der Waals surface area (Å²) in [6.07, 6.45) is 5.19. The van der Waals surface area contributed by atoms with Crippen molar-refractivity contribution in [1.82, 2.24) is 14.8 Å². The molecule has 1 amide bonds. The summed E-state index contributed by atoms with van der Waals surface area (Å²) in [6.45, 7) is 5.68. The van der Waals surface area contributed by atoms with Crippen LogP contribution in [0.5, 0.6) is 0 Å². The highest BCUT2D eigenvalue weighted by Crippen LogP contribution is 2.26. The predicted molar refractivity (Wildman–Crippen MR) is 97.2 cm³/mol. The summed E-state index contributed by atoms with van der Waals surface area (Å²) in [4.78, 5) is 17.8. The van der Waals surface area contributed by atoms with Crippen LogP contribution in [-0.4, -0.2) is 42.8 Å². The van der Waals surface area contributed by atoms with Gasteiger partial charge in [-0.25, -0.2) is 4.68 Å². The second-order valence-electron chi connectivity index (χ2n) is 6.33. The smallest absolute Gasteiger partial charge is 0.231 e. The highest BCUT2D eigenvalue weighted by atomic mass is 35.5. The number of aromatic nitrogens is 3. The SMILES string of the molecule is CN(C(=O)CC[S+]([O-])C(C)(C)C)c1cn(-c2cccnc2)nc1Cl. The lowest BCUT2D eigenvalue weighted by Gasteiger charge is -2.25. The number of halogens is 1. The molecule has 0 saturated heterocycles. The highest BCUT2D eigenvalue weighted by Gasteiger charge is 2.27. The van der Waals surface area contributed by atoms with E-state index in [1.807, 2.05) is 26.8 Å². The quantitative estimate of drug-likeness (QED) is 0.760. The molecule has 0 fully saturated rings. The Kier molecular flexibility index (Phi) is 5.90. The summed E-state index contributed by atoms with van der Waals surface area (Å²) in [5.74, 6) is 0.168. The number of pyridine rings is 1. The van der Waals surface area contributed by atoms with Crippen molar-refractivity contribution in [3.8, 4) is 5.69 Å². The number of anilines is 1. The van der Waals surface area contributed by atoms with Gasteiger partial charge in [-0.3, -0.25) is 9.78 Å². The molecule has 1 unspecified atom stereocenters. The van der Waals surface area contributed by atoms with Crippen molar-refractivity contribution in [1.29, 1.82) is 0 Å². The van der Waals surface area contributed by atoms with Gasteiger partial charge < -0.3 is 9.45 Å². The Bertz CT molecular complexity index is 700. The first-order valence-corrected chi connectivity index (χ1v) is 9.20. The van der Waals surface area contributed by atoms with Crippen molar-refractivity contribution in [3.63, 3.8) is 0 Å². The Hall–Kier alpha value is -1.57. The molecule has 0 aromatic carbocycles. The van der Waals surface area contributed by atoms with Crippen LogP contribution in [0.15, 0.2) is 30.7 Å². The summed E-state index contributed by atoms with van der Waals surface area (Å²) in [6, 6.07) is 3.63.